The zero-order valence-corrected chi connectivity index (χ0v) is 12.3. The molecule has 1 nitrogen and oxygen atoms in total. The maximum atomic E-state index is 13.3. The van der Waals surface area contributed by atoms with Crippen LogP contribution in [0.3, 0.4) is 0 Å². The Morgan fingerprint density at radius 2 is 2.05 bits per heavy atom. The van der Waals surface area contributed by atoms with Crippen molar-refractivity contribution in [1.82, 2.24) is 0 Å². The largest absolute Gasteiger partial charge is 0.380 e. The van der Waals surface area contributed by atoms with Crippen molar-refractivity contribution in [1.29, 1.82) is 0 Å². The molecule has 0 aliphatic rings. The molecule has 0 amide bonds. The van der Waals surface area contributed by atoms with Crippen LogP contribution in [0.15, 0.2) is 60.0 Å². The first kappa shape index (κ1) is 14.7. The minimum absolute atomic E-state index is 0.193. The molecule has 0 unspecified atom stereocenters. The normalized spacial score (nSPS) is 10.3. The lowest BCUT2D eigenvalue weighted by molar-refractivity contribution is 0.625. The molecular weight excluding hydrogens is 269 g/mol. The van der Waals surface area contributed by atoms with E-state index in [1.165, 1.54) is 11.0 Å². The minimum atomic E-state index is -0.193. The summed E-state index contributed by atoms with van der Waals surface area (Å²) in [7, 11) is 0. The van der Waals surface area contributed by atoms with Crippen LogP contribution in [-0.4, -0.2) is 5.75 Å². The fraction of sp³-hybridized carbons (Fsp3) is 0.176. The van der Waals surface area contributed by atoms with Crippen molar-refractivity contribution < 1.29 is 4.39 Å². The summed E-state index contributed by atoms with van der Waals surface area (Å²) in [5, 5.41) is 3.38. The Balaban J connectivity index is 2.10. The number of para-hydroxylation sites is 1. The number of thioether (sulfide) groups is 1. The second kappa shape index (κ2) is 7.15. The Labute approximate surface area is 123 Å². The lowest BCUT2D eigenvalue weighted by Crippen LogP contribution is -2.03. The van der Waals surface area contributed by atoms with Crippen molar-refractivity contribution in [2.45, 2.75) is 18.4 Å². The van der Waals surface area contributed by atoms with Crippen LogP contribution < -0.4 is 5.32 Å². The third-order valence-corrected chi connectivity index (χ3v) is 4.09. The third-order valence-electron chi connectivity index (χ3n) is 3.02. The molecule has 0 radical (unpaired) electrons. The van der Waals surface area contributed by atoms with E-state index >= 15 is 0 Å². The molecule has 0 atom stereocenters. The Morgan fingerprint density at radius 3 is 2.85 bits per heavy atom. The molecule has 2 aromatic carbocycles. The molecule has 0 heterocycles. The lowest BCUT2D eigenvalue weighted by atomic mass is 10.1. The zero-order valence-electron chi connectivity index (χ0n) is 11.5. The summed E-state index contributed by atoms with van der Waals surface area (Å²) >= 11 is 1.73. The van der Waals surface area contributed by atoms with Crippen LogP contribution in [0.1, 0.15) is 11.1 Å². The molecule has 1 N–H and O–H groups in total. The van der Waals surface area contributed by atoms with Crippen molar-refractivity contribution in [3.05, 3.63) is 72.1 Å². The van der Waals surface area contributed by atoms with Crippen LogP contribution in [0.4, 0.5) is 10.1 Å². The molecule has 3 heteroatoms. The summed E-state index contributed by atoms with van der Waals surface area (Å²) in [6.45, 7) is 6.35. The molecule has 0 aliphatic carbocycles. The number of nitrogens with one attached hydrogen (secondary N) is 1. The van der Waals surface area contributed by atoms with Crippen LogP contribution in [0.5, 0.6) is 0 Å². The number of aryl methyl sites for hydroxylation is 1. The van der Waals surface area contributed by atoms with Gasteiger partial charge in [0.15, 0.2) is 0 Å². The Kier molecular flexibility index (Phi) is 5.24. The van der Waals surface area contributed by atoms with Crippen LogP contribution >= 0.6 is 11.8 Å². The van der Waals surface area contributed by atoms with Gasteiger partial charge in [0, 0.05) is 22.9 Å². The van der Waals surface area contributed by atoms with Crippen molar-refractivity contribution in [3.63, 3.8) is 0 Å². The number of benzene rings is 2. The number of halogens is 1. The molecule has 0 saturated heterocycles. The Hall–Kier alpha value is -1.74. The Morgan fingerprint density at radius 1 is 1.25 bits per heavy atom. The van der Waals surface area contributed by atoms with Crippen molar-refractivity contribution in [3.8, 4) is 0 Å². The van der Waals surface area contributed by atoms with E-state index in [0.29, 0.717) is 6.54 Å². The van der Waals surface area contributed by atoms with E-state index in [9.17, 15) is 4.39 Å². The van der Waals surface area contributed by atoms with E-state index in [2.05, 4.69) is 18.0 Å². The second-order valence-electron chi connectivity index (χ2n) is 4.52. The topological polar surface area (TPSA) is 12.0 Å². The molecule has 0 fully saturated rings. The van der Waals surface area contributed by atoms with Gasteiger partial charge in [-0.3, -0.25) is 0 Å². The number of anilines is 1. The number of hydrogen-bond acceptors (Lipinski definition) is 2. The summed E-state index contributed by atoms with van der Waals surface area (Å²) < 4.78 is 13.3. The highest BCUT2D eigenvalue weighted by atomic mass is 32.2. The highest BCUT2D eigenvalue weighted by Gasteiger charge is 2.04. The minimum Gasteiger partial charge on any atom is -0.380 e. The average Bonchev–Trinajstić information content (AvgIpc) is 2.47. The standard InChI is InChI=1S/C17H18FNS/c1-3-10-20-17-7-5-4-6-16(17)19-12-14-11-15(18)9-8-13(14)2/h3-9,11,19H,1,10,12H2,2H3. The van der Waals surface area contributed by atoms with Gasteiger partial charge in [0.05, 0.1) is 0 Å². The molecule has 0 spiro atoms. The molecule has 2 rings (SSSR count). The predicted molar refractivity (Wildman–Crippen MR) is 85.8 cm³/mol. The fourth-order valence-corrected chi connectivity index (χ4v) is 2.68. The van der Waals surface area contributed by atoms with Crippen molar-refractivity contribution in [2.24, 2.45) is 0 Å². The van der Waals surface area contributed by atoms with E-state index in [1.54, 1.807) is 17.8 Å². The van der Waals surface area contributed by atoms with Gasteiger partial charge in [-0.1, -0.05) is 24.3 Å². The van der Waals surface area contributed by atoms with E-state index in [-0.39, 0.29) is 5.82 Å². The van der Waals surface area contributed by atoms with Crippen LogP contribution in [0, 0.1) is 12.7 Å². The van der Waals surface area contributed by atoms with Crippen molar-refractivity contribution >= 4 is 17.4 Å². The molecule has 2 aromatic rings. The van der Waals surface area contributed by atoms with E-state index in [1.807, 2.05) is 37.3 Å². The van der Waals surface area contributed by atoms with Gasteiger partial charge >= 0.3 is 0 Å². The van der Waals surface area contributed by atoms with Gasteiger partial charge in [-0.15, -0.1) is 18.3 Å². The maximum Gasteiger partial charge on any atom is 0.123 e. The summed E-state index contributed by atoms with van der Waals surface area (Å²) in [6, 6.07) is 13.0. The fourth-order valence-electron chi connectivity index (χ4n) is 1.91. The summed E-state index contributed by atoms with van der Waals surface area (Å²) in [4.78, 5) is 1.18. The van der Waals surface area contributed by atoms with Gasteiger partial charge in [-0.05, 0) is 42.3 Å². The van der Waals surface area contributed by atoms with Gasteiger partial charge < -0.3 is 5.32 Å². The van der Waals surface area contributed by atoms with E-state index in [0.717, 1.165) is 22.6 Å². The Bertz CT molecular complexity index is 595. The van der Waals surface area contributed by atoms with Gasteiger partial charge in [0.2, 0.25) is 0 Å². The third kappa shape index (κ3) is 3.87. The van der Waals surface area contributed by atoms with Gasteiger partial charge in [0.1, 0.15) is 5.82 Å². The van der Waals surface area contributed by atoms with Crippen LogP contribution in [0.2, 0.25) is 0 Å². The first-order valence-electron chi connectivity index (χ1n) is 6.52. The van der Waals surface area contributed by atoms with Crippen LogP contribution in [0.25, 0.3) is 0 Å². The van der Waals surface area contributed by atoms with E-state index in [4.69, 9.17) is 0 Å². The average molecular weight is 287 g/mol. The first-order valence-corrected chi connectivity index (χ1v) is 7.51. The monoisotopic (exact) mass is 287 g/mol. The van der Waals surface area contributed by atoms with Crippen LogP contribution in [-0.2, 0) is 6.54 Å². The van der Waals surface area contributed by atoms with Gasteiger partial charge in [-0.2, -0.15) is 0 Å². The molecule has 0 aromatic heterocycles. The highest BCUT2D eigenvalue weighted by Crippen LogP contribution is 2.27. The van der Waals surface area contributed by atoms with E-state index < -0.39 is 0 Å². The van der Waals surface area contributed by atoms with Gasteiger partial charge in [0.25, 0.3) is 0 Å². The summed E-state index contributed by atoms with van der Waals surface area (Å²) in [5.74, 6) is 0.680. The molecule has 20 heavy (non-hydrogen) atoms. The quantitative estimate of drug-likeness (QED) is 0.591. The smallest absolute Gasteiger partial charge is 0.123 e. The SMILES string of the molecule is C=CCSc1ccccc1NCc1cc(F)ccc1C. The number of hydrogen-bond donors (Lipinski definition) is 1. The molecular formula is C17H18FNS. The number of rotatable bonds is 6. The molecule has 104 valence electrons. The lowest BCUT2D eigenvalue weighted by Gasteiger charge is -2.12. The molecule has 0 saturated carbocycles. The summed E-state index contributed by atoms with van der Waals surface area (Å²) in [5.41, 5.74) is 3.15. The molecule has 0 aliphatic heterocycles. The van der Waals surface area contributed by atoms with Gasteiger partial charge in [-0.25, -0.2) is 4.39 Å². The first-order chi connectivity index (χ1) is 9.70. The summed E-state index contributed by atoms with van der Waals surface area (Å²) in [6.07, 6.45) is 1.89. The second-order valence-corrected chi connectivity index (χ2v) is 5.58. The molecule has 0 bridgehead atoms. The maximum absolute atomic E-state index is 13.3. The van der Waals surface area contributed by atoms with Crippen molar-refractivity contribution in [2.75, 3.05) is 11.1 Å². The highest BCUT2D eigenvalue weighted by molar-refractivity contribution is 7.99. The predicted octanol–water partition coefficient (Wildman–Crippen LogP) is 5.02. The zero-order chi connectivity index (χ0) is 14.4.